The fourth-order valence-electron chi connectivity index (χ4n) is 3.92. The summed E-state index contributed by atoms with van der Waals surface area (Å²) in [6, 6.07) is 17.1. The van der Waals surface area contributed by atoms with Crippen LogP contribution < -0.4 is 0 Å². The van der Waals surface area contributed by atoms with Crippen molar-refractivity contribution in [1.29, 1.82) is 0 Å². The van der Waals surface area contributed by atoms with Gasteiger partial charge in [-0.25, -0.2) is 9.37 Å². The standard InChI is InChI=1S/C22H22BrFN2/c23-19-8-4-7-18(13-19)21-14-26(15-25-21)22(16-5-2-1-3-6-16)17-9-11-20(24)12-10-17/h1-3,5-6,9-12,14-15,18-19,22H,4,7-8,13H2. The van der Waals surface area contributed by atoms with Gasteiger partial charge in [-0.3, -0.25) is 0 Å². The minimum absolute atomic E-state index is 0.00130. The molecular formula is C22H22BrFN2. The van der Waals surface area contributed by atoms with Gasteiger partial charge in [0.05, 0.1) is 18.1 Å². The van der Waals surface area contributed by atoms with Crippen molar-refractivity contribution in [3.8, 4) is 0 Å². The Hall–Kier alpha value is -1.94. The van der Waals surface area contributed by atoms with Crippen LogP contribution in [0.25, 0.3) is 0 Å². The quantitative estimate of drug-likeness (QED) is 0.474. The maximum absolute atomic E-state index is 13.4. The molecule has 0 aliphatic heterocycles. The van der Waals surface area contributed by atoms with Gasteiger partial charge in [0, 0.05) is 16.9 Å². The third-order valence-corrected chi connectivity index (χ3v) is 6.08. The molecule has 4 rings (SSSR count). The second-order valence-corrected chi connectivity index (χ2v) is 8.37. The number of nitrogens with zero attached hydrogens (tertiary/aromatic N) is 2. The Morgan fingerprint density at radius 1 is 1.00 bits per heavy atom. The average Bonchev–Trinajstić information content (AvgIpc) is 3.14. The molecule has 0 bridgehead atoms. The predicted octanol–water partition coefficient (Wildman–Crippen LogP) is 6.08. The number of rotatable bonds is 4. The first kappa shape index (κ1) is 17.5. The maximum atomic E-state index is 13.4. The van der Waals surface area contributed by atoms with Crippen LogP contribution in [0.2, 0.25) is 0 Å². The van der Waals surface area contributed by atoms with Crippen molar-refractivity contribution in [2.45, 2.75) is 42.5 Å². The van der Waals surface area contributed by atoms with E-state index in [0.29, 0.717) is 10.7 Å². The van der Waals surface area contributed by atoms with E-state index in [9.17, 15) is 4.39 Å². The zero-order chi connectivity index (χ0) is 17.9. The maximum Gasteiger partial charge on any atom is 0.123 e. The molecule has 0 N–H and O–H groups in total. The molecule has 0 spiro atoms. The number of halogens is 2. The van der Waals surface area contributed by atoms with Crippen LogP contribution >= 0.6 is 15.9 Å². The van der Waals surface area contributed by atoms with Crippen LogP contribution in [0.3, 0.4) is 0 Å². The van der Waals surface area contributed by atoms with Crippen molar-refractivity contribution in [2.75, 3.05) is 0 Å². The van der Waals surface area contributed by atoms with Gasteiger partial charge in [0.1, 0.15) is 5.82 Å². The molecule has 1 aliphatic carbocycles. The first-order valence-electron chi connectivity index (χ1n) is 9.18. The van der Waals surface area contributed by atoms with Crippen molar-refractivity contribution in [3.63, 3.8) is 0 Å². The smallest absolute Gasteiger partial charge is 0.123 e. The van der Waals surface area contributed by atoms with Gasteiger partial charge in [0.25, 0.3) is 0 Å². The molecule has 26 heavy (non-hydrogen) atoms. The van der Waals surface area contributed by atoms with Crippen molar-refractivity contribution >= 4 is 15.9 Å². The number of imidazole rings is 1. The normalized spacial score (nSPS) is 21.5. The van der Waals surface area contributed by atoms with Gasteiger partial charge in [0.15, 0.2) is 0 Å². The third kappa shape index (κ3) is 3.75. The molecule has 134 valence electrons. The largest absolute Gasteiger partial charge is 0.326 e. The van der Waals surface area contributed by atoms with Crippen molar-refractivity contribution in [1.82, 2.24) is 9.55 Å². The van der Waals surface area contributed by atoms with Crippen molar-refractivity contribution in [2.24, 2.45) is 0 Å². The van der Waals surface area contributed by atoms with E-state index in [1.807, 2.05) is 36.7 Å². The molecule has 0 radical (unpaired) electrons. The molecular weight excluding hydrogens is 391 g/mol. The summed E-state index contributed by atoms with van der Waals surface area (Å²) in [5, 5.41) is 0. The molecule has 1 aromatic heterocycles. The summed E-state index contributed by atoms with van der Waals surface area (Å²) in [6.45, 7) is 0. The van der Waals surface area contributed by atoms with Crippen LogP contribution in [0.4, 0.5) is 4.39 Å². The fraction of sp³-hybridized carbons (Fsp3) is 0.318. The van der Waals surface area contributed by atoms with Crippen LogP contribution in [-0.4, -0.2) is 14.4 Å². The Morgan fingerprint density at radius 3 is 2.46 bits per heavy atom. The minimum atomic E-state index is -0.211. The van der Waals surface area contributed by atoms with Gasteiger partial charge in [-0.2, -0.15) is 0 Å². The summed E-state index contributed by atoms with van der Waals surface area (Å²) in [7, 11) is 0. The van der Waals surface area contributed by atoms with Crippen LogP contribution in [-0.2, 0) is 0 Å². The predicted molar refractivity (Wildman–Crippen MR) is 106 cm³/mol. The first-order chi connectivity index (χ1) is 12.7. The summed E-state index contributed by atoms with van der Waals surface area (Å²) >= 11 is 3.77. The number of hydrogen-bond acceptors (Lipinski definition) is 1. The van der Waals surface area contributed by atoms with Gasteiger partial charge < -0.3 is 4.57 Å². The molecule has 1 aliphatic rings. The van der Waals surface area contributed by atoms with E-state index in [2.05, 4.69) is 38.8 Å². The van der Waals surface area contributed by atoms with Crippen LogP contribution in [0.1, 0.15) is 54.5 Å². The molecule has 2 nitrogen and oxygen atoms in total. The second kappa shape index (κ2) is 7.75. The van der Waals surface area contributed by atoms with Crippen LogP contribution in [0, 0.1) is 5.82 Å². The Kier molecular flexibility index (Phi) is 5.21. The zero-order valence-corrected chi connectivity index (χ0v) is 16.1. The van der Waals surface area contributed by atoms with Crippen molar-refractivity contribution < 1.29 is 4.39 Å². The van der Waals surface area contributed by atoms with Gasteiger partial charge in [0.2, 0.25) is 0 Å². The fourth-order valence-corrected chi connectivity index (χ4v) is 4.70. The molecule has 0 amide bonds. The number of benzene rings is 2. The van der Waals surface area contributed by atoms with Gasteiger partial charge in [-0.05, 0) is 42.5 Å². The van der Waals surface area contributed by atoms with E-state index < -0.39 is 0 Å². The second-order valence-electron chi connectivity index (χ2n) is 7.07. The van der Waals surface area contributed by atoms with Crippen LogP contribution in [0.5, 0.6) is 0 Å². The monoisotopic (exact) mass is 412 g/mol. The molecule has 4 heteroatoms. The van der Waals surface area contributed by atoms with E-state index in [1.165, 1.54) is 37.0 Å². The summed E-state index contributed by atoms with van der Waals surface area (Å²) in [5.41, 5.74) is 3.39. The molecule has 0 saturated heterocycles. The highest BCUT2D eigenvalue weighted by molar-refractivity contribution is 9.09. The Bertz CT molecular complexity index is 844. The highest BCUT2D eigenvalue weighted by Crippen LogP contribution is 2.36. The zero-order valence-electron chi connectivity index (χ0n) is 14.6. The Labute approximate surface area is 162 Å². The van der Waals surface area contributed by atoms with Gasteiger partial charge in [-0.1, -0.05) is 64.8 Å². The van der Waals surface area contributed by atoms with Gasteiger partial charge >= 0.3 is 0 Å². The number of alkyl halides is 1. The molecule has 3 aromatic rings. The third-order valence-electron chi connectivity index (χ3n) is 5.25. The molecule has 2 aromatic carbocycles. The highest BCUT2D eigenvalue weighted by atomic mass is 79.9. The molecule has 1 fully saturated rings. The molecule has 3 atom stereocenters. The summed E-state index contributed by atoms with van der Waals surface area (Å²) in [5.74, 6) is 0.302. The van der Waals surface area contributed by atoms with E-state index in [-0.39, 0.29) is 11.9 Å². The SMILES string of the molecule is Fc1ccc(C(c2ccccc2)n2cnc(C3CCCC(Br)C3)c2)cc1. The van der Waals surface area contributed by atoms with Crippen LogP contribution in [0.15, 0.2) is 67.1 Å². The van der Waals surface area contributed by atoms with E-state index in [0.717, 1.165) is 17.7 Å². The molecule has 1 saturated carbocycles. The van der Waals surface area contributed by atoms with E-state index in [4.69, 9.17) is 4.98 Å². The lowest BCUT2D eigenvalue weighted by Crippen LogP contribution is -2.14. The lowest BCUT2D eigenvalue weighted by molar-refractivity contribution is 0.451. The van der Waals surface area contributed by atoms with E-state index >= 15 is 0 Å². The lowest BCUT2D eigenvalue weighted by atomic mass is 9.87. The van der Waals surface area contributed by atoms with Crippen molar-refractivity contribution in [3.05, 3.63) is 89.8 Å². The van der Waals surface area contributed by atoms with Gasteiger partial charge in [-0.15, -0.1) is 0 Å². The average molecular weight is 413 g/mol. The Balaban J connectivity index is 1.69. The number of hydrogen-bond donors (Lipinski definition) is 0. The summed E-state index contributed by atoms with van der Waals surface area (Å²) < 4.78 is 15.6. The highest BCUT2D eigenvalue weighted by Gasteiger charge is 2.24. The minimum Gasteiger partial charge on any atom is -0.326 e. The topological polar surface area (TPSA) is 17.8 Å². The number of aromatic nitrogens is 2. The molecule has 1 heterocycles. The van der Waals surface area contributed by atoms with E-state index in [1.54, 1.807) is 0 Å². The Morgan fingerprint density at radius 2 is 1.73 bits per heavy atom. The first-order valence-corrected chi connectivity index (χ1v) is 10.1. The summed E-state index contributed by atoms with van der Waals surface area (Å²) in [6.07, 6.45) is 8.94. The lowest BCUT2D eigenvalue weighted by Gasteiger charge is -2.24. The molecule has 3 unspecified atom stereocenters. The summed E-state index contributed by atoms with van der Waals surface area (Å²) in [4.78, 5) is 5.32.